The van der Waals surface area contributed by atoms with Crippen LogP contribution < -0.4 is 0 Å². The predicted molar refractivity (Wildman–Crippen MR) is 74.4 cm³/mol. The van der Waals surface area contributed by atoms with Crippen molar-refractivity contribution in [1.29, 1.82) is 0 Å². The average Bonchev–Trinajstić information content (AvgIpc) is 2.60. The quantitative estimate of drug-likeness (QED) is 0.761. The number of aryl methyl sites for hydroxylation is 1. The van der Waals surface area contributed by atoms with Crippen molar-refractivity contribution in [1.82, 2.24) is 4.31 Å². The number of sulfonamides is 1. The summed E-state index contributed by atoms with van der Waals surface area (Å²) in [5.41, 5.74) is 0.959. The zero-order valence-electron chi connectivity index (χ0n) is 9.32. The lowest BCUT2D eigenvalue weighted by Gasteiger charge is -2.27. The zero-order valence-corrected chi connectivity index (χ0v) is 13.3. The second-order valence-electron chi connectivity index (χ2n) is 4.10. The summed E-state index contributed by atoms with van der Waals surface area (Å²) in [4.78, 5) is 0. The molecule has 17 heavy (non-hydrogen) atoms. The van der Waals surface area contributed by atoms with Crippen molar-refractivity contribution < 1.29 is 8.42 Å². The fourth-order valence-corrected chi connectivity index (χ4v) is 5.80. The molecule has 1 aromatic rings. The molecule has 2 rings (SSSR count). The van der Waals surface area contributed by atoms with Gasteiger partial charge in [-0.1, -0.05) is 0 Å². The highest BCUT2D eigenvalue weighted by atomic mass is 79.9. The van der Waals surface area contributed by atoms with E-state index in [0.29, 0.717) is 17.3 Å². The van der Waals surface area contributed by atoms with Gasteiger partial charge in [0, 0.05) is 18.5 Å². The Labute approximate surface area is 119 Å². The molecule has 96 valence electrons. The first-order valence-electron chi connectivity index (χ1n) is 5.31. The van der Waals surface area contributed by atoms with Crippen molar-refractivity contribution in [2.45, 2.75) is 29.4 Å². The van der Waals surface area contributed by atoms with E-state index < -0.39 is 10.0 Å². The van der Waals surface area contributed by atoms with Gasteiger partial charge in [-0.05, 0) is 47.3 Å². The number of hydrogen-bond donors (Lipinski definition) is 0. The van der Waals surface area contributed by atoms with Crippen molar-refractivity contribution in [2.24, 2.45) is 0 Å². The summed E-state index contributed by atoms with van der Waals surface area (Å²) in [6.07, 6.45) is 1.46. The fourth-order valence-electron chi connectivity index (χ4n) is 1.75. The summed E-state index contributed by atoms with van der Waals surface area (Å²) in [7, 11) is -3.32. The molecule has 1 aromatic heterocycles. The van der Waals surface area contributed by atoms with E-state index in [1.54, 1.807) is 6.07 Å². The van der Waals surface area contributed by atoms with Crippen LogP contribution in [0.1, 0.15) is 18.4 Å². The monoisotopic (exact) mass is 357 g/mol. The van der Waals surface area contributed by atoms with Crippen LogP contribution in [0.4, 0.5) is 0 Å². The van der Waals surface area contributed by atoms with E-state index in [2.05, 4.69) is 15.9 Å². The Morgan fingerprint density at radius 2 is 2.06 bits per heavy atom. The minimum Gasteiger partial charge on any atom is -0.206 e. The summed E-state index contributed by atoms with van der Waals surface area (Å²) in [5.74, 6) is 0. The number of halogens is 2. The maximum atomic E-state index is 12.3. The largest absolute Gasteiger partial charge is 0.252 e. The maximum Gasteiger partial charge on any atom is 0.252 e. The molecule has 1 aliphatic rings. The third-order valence-electron chi connectivity index (χ3n) is 2.81. The number of nitrogens with zero attached hydrogens (tertiary/aromatic N) is 1. The molecule has 0 radical (unpaired) electrons. The molecule has 0 saturated carbocycles. The van der Waals surface area contributed by atoms with Crippen molar-refractivity contribution in [3.63, 3.8) is 0 Å². The van der Waals surface area contributed by atoms with Crippen molar-refractivity contribution in [3.8, 4) is 0 Å². The molecule has 7 heteroatoms. The van der Waals surface area contributed by atoms with Gasteiger partial charge in [-0.15, -0.1) is 22.9 Å². The lowest BCUT2D eigenvalue weighted by molar-refractivity contribution is 0.351. The molecule has 0 spiro atoms. The van der Waals surface area contributed by atoms with Crippen LogP contribution in [-0.2, 0) is 10.0 Å². The molecular formula is C10H13BrClNO2S2. The van der Waals surface area contributed by atoms with E-state index in [-0.39, 0.29) is 5.38 Å². The van der Waals surface area contributed by atoms with Crippen molar-refractivity contribution in [3.05, 3.63) is 15.4 Å². The minimum absolute atomic E-state index is 0.109. The number of hydrogen-bond acceptors (Lipinski definition) is 3. The molecule has 0 aliphatic carbocycles. The molecule has 3 nitrogen and oxygen atoms in total. The third kappa shape index (κ3) is 2.87. The Morgan fingerprint density at radius 3 is 2.53 bits per heavy atom. The van der Waals surface area contributed by atoms with Crippen LogP contribution in [0.3, 0.4) is 0 Å². The fraction of sp³-hybridized carbons (Fsp3) is 0.600. The number of piperidine rings is 1. The smallest absolute Gasteiger partial charge is 0.206 e. The van der Waals surface area contributed by atoms with Crippen LogP contribution in [0.5, 0.6) is 0 Å². The van der Waals surface area contributed by atoms with Crippen molar-refractivity contribution >= 4 is 48.9 Å². The standard InChI is InChI=1S/C10H13BrClNO2S2/c1-7-6-9(16-10(7)11)17(14,15)13-4-2-8(12)3-5-13/h6,8H,2-5H2,1H3. The first-order valence-corrected chi connectivity index (χ1v) is 8.80. The third-order valence-corrected chi connectivity index (χ3v) is 7.73. The molecule has 0 aromatic carbocycles. The first kappa shape index (κ1) is 13.8. The van der Waals surface area contributed by atoms with E-state index in [0.717, 1.165) is 22.2 Å². The Morgan fingerprint density at radius 1 is 1.47 bits per heavy atom. The molecule has 0 amide bonds. The Bertz CT molecular complexity index is 487. The predicted octanol–water partition coefficient (Wildman–Crippen LogP) is 3.21. The summed E-state index contributed by atoms with van der Waals surface area (Å²) < 4.78 is 27.5. The highest BCUT2D eigenvalue weighted by molar-refractivity contribution is 9.11. The average molecular weight is 359 g/mol. The SMILES string of the molecule is Cc1cc(S(=O)(=O)N2CCC(Cl)CC2)sc1Br. The summed E-state index contributed by atoms with van der Waals surface area (Å²) >= 11 is 10.6. The molecule has 1 aliphatic heterocycles. The highest BCUT2D eigenvalue weighted by Gasteiger charge is 2.30. The second-order valence-corrected chi connectivity index (χ2v) is 9.25. The van der Waals surface area contributed by atoms with E-state index in [4.69, 9.17) is 11.6 Å². The van der Waals surface area contributed by atoms with Crippen LogP contribution >= 0.6 is 38.9 Å². The normalized spacial score (nSPS) is 19.7. The minimum atomic E-state index is -3.32. The summed E-state index contributed by atoms with van der Waals surface area (Å²) in [6, 6.07) is 1.72. The Kier molecular flexibility index (Phi) is 4.20. The Hall–Kier alpha value is 0.380. The van der Waals surface area contributed by atoms with Gasteiger partial charge in [0.25, 0.3) is 10.0 Å². The van der Waals surface area contributed by atoms with Gasteiger partial charge in [0.2, 0.25) is 0 Å². The molecule has 0 atom stereocenters. The van der Waals surface area contributed by atoms with Crippen LogP contribution in [0, 0.1) is 6.92 Å². The molecule has 0 N–H and O–H groups in total. The topological polar surface area (TPSA) is 37.4 Å². The van der Waals surface area contributed by atoms with Gasteiger partial charge in [0.1, 0.15) is 4.21 Å². The lowest BCUT2D eigenvalue weighted by Crippen LogP contribution is -2.38. The molecule has 0 unspecified atom stereocenters. The maximum absolute atomic E-state index is 12.3. The van der Waals surface area contributed by atoms with E-state index in [1.165, 1.54) is 15.6 Å². The summed E-state index contributed by atoms with van der Waals surface area (Å²) in [5, 5.41) is 0.109. The van der Waals surface area contributed by atoms with E-state index >= 15 is 0 Å². The van der Waals surface area contributed by atoms with E-state index in [1.807, 2.05) is 6.92 Å². The van der Waals surface area contributed by atoms with Crippen molar-refractivity contribution in [2.75, 3.05) is 13.1 Å². The molecule has 1 saturated heterocycles. The van der Waals surface area contributed by atoms with Crippen LogP contribution in [0.2, 0.25) is 0 Å². The lowest BCUT2D eigenvalue weighted by atomic mass is 10.2. The van der Waals surface area contributed by atoms with Gasteiger partial charge in [-0.25, -0.2) is 8.42 Å². The number of alkyl halides is 1. The van der Waals surface area contributed by atoms with Gasteiger partial charge in [0.15, 0.2) is 0 Å². The van der Waals surface area contributed by atoms with Crippen LogP contribution in [0.25, 0.3) is 0 Å². The van der Waals surface area contributed by atoms with Gasteiger partial charge in [-0.2, -0.15) is 4.31 Å². The highest BCUT2D eigenvalue weighted by Crippen LogP contribution is 2.33. The van der Waals surface area contributed by atoms with Gasteiger partial charge in [0.05, 0.1) is 3.79 Å². The molecule has 2 heterocycles. The van der Waals surface area contributed by atoms with Gasteiger partial charge >= 0.3 is 0 Å². The Balaban J connectivity index is 2.24. The van der Waals surface area contributed by atoms with Crippen LogP contribution in [0.15, 0.2) is 14.1 Å². The molecular weight excluding hydrogens is 346 g/mol. The number of thiophene rings is 1. The zero-order chi connectivity index (χ0) is 12.6. The van der Waals surface area contributed by atoms with Gasteiger partial charge in [-0.3, -0.25) is 0 Å². The summed E-state index contributed by atoms with van der Waals surface area (Å²) in [6.45, 7) is 2.93. The molecule has 0 bridgehead atoms. The molecule has 1 fully saturated rings. The number of rotatable bonds is 2. The first-order chi connectivity index (χ1) is 7.91. The second kappa shape index (κ2) is 5.17. The van der Waals surface area contributed by atoms with Crippen LogP contribution in [-0.4, -0.2) is 31.2 Å². The van der Waals surface area contributed by atoms with E-state index in [9.17, 15) is 8.42 Å². The van der Waals surface area contributed by atoms with Gasteiger partial charge < -0.3 is 0 Å².